The van der Waals surface area contributed by atoms with Crippen molar-refractivity contribution in [3.63, 3.8) is 0 Å². The van der Waals surface area contributed by atoms with Gasteiger partial charge in [-0.05, 0) is 25.3 Å². The summed E-state index contributed by atoms with van der Waals surface area (Å²) < 4.78 is 0. The van der Waals surface area contributed by atoms with Crippen molar-refractivity contribution in [2.75, 3.05) is 23.3 Å². The maximum absolute atomic E-state index is 11.2. The highest BCUT2D eigenvalue weighted by atomic mass is 32.1. The van der Waals surface area contributed by atoms with E-state index in [1.54, 1.807) is 11.3 Å². The van der Waals surface area contributed by atoms with E-state index in [4.69, 9.17) is 0 Å². The molecule has 0 aromatic carbocycles. The van der Waals surface area contributed by atoms with Gasteiger partial charge in [0.05, 0.1) is 11.5 Å². The fourth-order valence-electron chi connectivity index (χ4n) is 1.90. The molecule has 0 atom stereocenters. The van der Waals surface area contributed by atoms with Gasteiger partial charge in [-0.25, -0.2) is 4.98 Å². The van der Waals surface area contributed by atoms with E-state index in [9.17, 15) is 10.1 Å². The zero-order valence-corrected chi connectivity index (χ0v) is 12.8. The average Bonchev–Trinajstić information content (AvgIpc) is 2.97. The molecule has 0 bridgehead atoms. The van der Waals surface area contributed by atoms with Crippen LogP contribution in [0.2, 0.25) is 0 Å². The first-order valence-electron chi connectivity index (χ1n) is 6.68. The first kappa shape index (κ1) is 15.2. The Bertz CT molecular complexity index is 603. The Morgan fingerprint density at radius 1 is 1.48 bits per heavy atom. The van der Waals surface area contributed by atoms with Crippen molar-refractivity contribution in [1.82, 2.24) is 9.97 Å². The summed E-state index contributed by atoms with van der Waals surface area (Å²) in [7, 11) is 0. The minimum atomic E-state index is -0.442. The van der Waals surface area contributed by atoms with Crippen LogP contribution in [0, 0.1) is 10.1 Å². The third-order valence-corrected chi connectivity index (χ3v) is 3.75. The summed E-state index contributed by atoms with van der Waals surface area (Å²) in [6.45, 7) is 5.76. The zero-order chi connectivity index (χ0) is 15.2. The molecule has 1 N–H and O–H groups in total. The van der Waals surface area contributed by atoms with E-state index < -0.39 is 4.92 Å². The van der Waals surface area contributed by atoms with Crippen molar-refractivity contribution in [1.29, 1.82) is 0 Å². The lowest BCUT2D eigenvalue weighted by Gasteiger charge is -2.21. The number of hydrogen-bond donors (Lipinski definition) is 1. The highest BCUT2D eigenvalue weighted by Gasteiger charge is 2.22. The fourth-order valence-corrected chi connectivity index (χ4v) is 2.62. The number of nitro groups is 1. The van der Waals surface area contributed by atoms with Gasteiger partial charge in [-0.1, -0.05) is 6.07 Å². The van der Waals surface area contributed by atoms with Crippen LogP contribution >= 0.6 is 11.3 Å². The lowest BCUT2D eigenvalue weighted by atomic mass is 10.3. The molecule has 0 fully saturated rings. The van der Waals surface area contributed by atoms with Crippen LogP contribution in [0.15, 0.2) is 23.7 Å². The van der Waals surface area contributed by atoms with Crippen LogP contribution in [0.5, 0.6) is 0 Å². The lowest BCUT2D eigenvalue weighted by Crippen LogP contribution is -2.24. The number of anilines is 2. The van der Waals surface area contributed by atoms with Crippen molar-refractivity contribution < 1.29 is 4.92 Å². The third kappa shape index (κ3) is 3.66. The van der Waals surface area contributed by atoms with E-state index in [2.05, 4.69) is 15.3 Å². The normalized spacial score (nSPS) is 10.4. The number of rotatable bonds is 7. The van der Waals surface area contributed by atoms with Gasteiger partial charge < -0.3 is 10.2 Å². The molecule has 2 aromatic heterocycles. The van der Waals surface area contributed by atoms with Gasteiger partial charge in [-0.15, -0.1) is 11.3 Å². The van der Waals surface area contributed by atoms with Gasteiger partial charge in [0, 0.05) is 18.0 Å². The van der Waals surface area contributed by atoms with Crippen molar-refractivity contribution in [3.05, 3.63) is 38.7 Å². The number of aromatic nitrogens is 2. The van der Waals surface area contributed by atoms with Crippen LogP contribution in [0.1, 0.15) is 18.7 Å². The number of thiophene rings is 1. The van der Waals surface area contributed by atoms with Gasteiger partial charge >= 0.3 is 5.69 Å². The SMILES string of the molecule is CCNc1ncc([N+](=O)[O-])c(N(CC)Cc2cccs2)n1. The molecular weight excluding hydrogens is 290 g/mol. The molecule has 2 heterocycles. The van der Waals surface area contributed by atoms with Gasteiger partial charge in [0.25, 0.3) is 0 Å². The van der Waals surface area contributed by atoms with Crippen LogP contribution in [-0.2, 0) is 6.54 Å². The average molecular weight is 307 g/mol. The molecule has 2 rings (SSSR count). The van der Waals surface area contributed by atoms with Crippen molar-refractivity contribution in [3.8, 4) is 0 Å². The largest absolute Gasteiger partial charge is 0.354 e. The Balaban J connectivity index is 2.36. The Morgan fingerprint density at radius 3 is 2.86 bits per heavy atom. The monoisotopic (exact) mass is 307 g/mol. The molecule has 0 radical (unpaired) electrons. The molecule has 0 aliphatic heterocycles. The van der Waals surface area contributed by atoms with Crippen LogP contribution < -0.4 is 10.2 Å². The van der Waals surface area contributed by atoms with Gasteiger partial charge in [-0.3, -0.25) is 10.1 Å². The number of hydrogen-bond acceptors (Lipinski definition) is 7. The molecule has 112 valence electrons. The maximum atomic E-state index is 11.2. The second-order valence-electron chi connectivity index (χ2n) is 4.28. The summed E-state index contributed by atoms with van der Waals surface area (Å²) in [5, 5.41) is 16.2. The van der Waals surface area contributed by atoms with E-state index in [1.807, 2.05) is 36.3 Å². The van der Waals surface area contributed by atoms with Crippen LogP contribution in [0.4, 0.5) is 17.5 Å². The third-order valence-electron chi connectivity index (χ3n) is 2.89. The van der Waals surface area contributed by atoms with Crippen molar-refractivity contribution in [2.45, 2.75) is 20.4 Å². The summed E-state index contributed by atoms with van der Waals surface area (Å²) in [4.78, 5) is 22.0. The van der Waals surface area contributed by atoms with E-state index in [0.29, 0.717) is 31.4 Å². The summed E-state index contributed by atoms with van der Waals surface area (Å²) in [6, 6.07) is 3.97. The molecule has 2 aromatic rings. The molecule has 0 spiro atoms. The Labute approximate surface area is 126 Å². The highest BCUT2D eigenvalue weighted by Crippen LogP contribution is 2.28. The first-order chi connectivity index (χ1) is 10.2. The second-order valence-corrected chi connectivity index (χ2v) is 5.32. The standard InChI is InChI=1S/C13H17N5O2S/c1-3-14-13-15-8-11(18(19)20)12(16-13)17(4-2)9-10-6-5-7-21-10/h5-8H,3-4,9H2,1-2H3,(H,14,15,16). The van der Waals surface area contributed by atoms with Crippen molar-refractivity contribution >= 4 is 28.8 Å². The van der Waals surface area contributed by atoms with Crippen LogP contribution in [0.3, 0.4) is 0 Å². The highest BCUT2D eigenvalue weighted by molar-refractivity contribution is 7.09. The Morgan fingerprint density at radius 2 is 2.29 bits per heavy atom. The Hall–Kier alpha value is -2.22. The molecular formula is C13H17N5O2S. The van der Waals surface area contributed by atoms with Gasteiger partial charge in [0.15, 0.2) is 0 Å². The number of nitrogens with zero attached hydrogens (tertiary/aromatic N) is 4. The summed E-state index contributed by atoms with van der Waals surface area (Å²) in [5.41, 5.74) is -0.0740. The smallest absolute Gasteiger partial charge is 0.329 e. The van der Waals surface area contributed by atoms with E-state index in [1.165, 1.54) is 6.20 Å². The molecule has 21 heavy (non-hydrogen) atoms. The fraction of sp³-hybridized carbons (Fsp3) is 0.385. The summed E-state index contributed by atoms with van der Waals surface area (Å²) >= 11 is 1.62. The first-order valence-corrected chi connectivity index (χ1v) is 7.56. The summed E-state index contributed by atoms with van der Waals surface area (Å²) in [5.74, 6) is 0.754. The predicted molar refractivity (Wildman–Crippen MR) is 83.9 cm³/mol. The Kier molecular flexibility index (Phi) is 5.04. The quantitative estimate of drug-likeness (QED) is 0.625. The minimum Gasteiger partial charge on any atom is -0.354 e. The molecule has 0 amide bonds. The molecule has 0 saturated carbocycles. The maximum Gasteiger partial charge on any atom is 0.329 e. The van der Waals surface area contributed by atoms with E-state index >= 15 is 0 Å². The van der Waals surface area contributed by atoms with E-state index in [0.717, 1.165) is 4.88 Å². The lowest BCUT2D eigenvalue weighted by molar-refractivity contribution is -0.384. The summed E-state index contributed by atoms with van der Waals surface area (Å²) in [6.07, 6.45) is 1.26. The van der Waals surface area contributed by atoms with Gasteiger partial charge in [0.2, 0.25) is 11.8 Å². The van der Waals surface area contributed by atoms with E-state index in [-0.39, 0.29) is 5.69 Å². The topological polar surface area (TPSA) is 84.2 Å². The molecule has 8 heteroatoms. The van der Waals surface area contributed by atoms with Gasteiger partial charge in [0.1, 0.15) is 6.20 Å². The second kappa shape index (κ2) is 6.98. The predicted octanol–water partition coefficient (Wildman–Crippen LogP) is 2.90. The number of nitrogens with one attached hydrogen (secondary N) is 1. The molecule has 0 saturated heterocycles. The molecule has 0 unspecified atom stereocenters. The van der Waals surface area contributed by atoms with Crippen molar-refractivity contribution in [2.24, 2.45) is 0 Å². The van der Waals surface area contributed by atoms with Crippen LogP contribution in [0.25, 0.3) is 0 Å². The molecule has 0 aliphatic rings. The molecule has 0 aliphatic carbocycles. The zero-order valence-electron chi connectivity index (χ0n) is 11.9. The van der Waals surface area contributed by atoms with Gasteiger partial charge in [-0.2, -0.15) is 4.98 Å². The minimum absolute atomic E-state index is 0.0740. The van der Waals surface area contributed by atoms with Crippen LogP contribution in [-0.4, -0.2) is 28.0 Å². The molecule has 7 nitrogen and oxygen atoms in total.